The molecule has 0 unspecified atom stereocenters. The largest absolute Gasteiger partial charge is 0.103 e. The lowest BCUT2D eigenvalue weighted by atomic mass is 10.1. The molecular formula is C15H22. The molecule has 0 saturated heterocycles. The predicted molar refractivity (Wildman–Crippen MR) is 70.8 cm³/mol. The SMILES string of the molecule is C=CCCC(C)C.C=Cc1ccccc1. The maximum absolute atomic E-state index is 3.63. The second-order valence-electron chi connectivity index (χ2n) is 3.87. The van der Waals surface area contributed by atoms with E-state index >= 15 is 0 Å². The van der Waals surface area contributed by atoms with Gasteiger partial charge in [-0.25, -0.2) is 0 Å². The Morgan fingerprint density at radius 2 is 1.73 bits per heavy atom. The van der Waals surface area contributed by atoms with Crippen LogP contribution in [0.2, 0.25) is 0 Å². The second kappa shape index (κ2) is 9.26. The summed E-state index contributed by atoms with van der Waals surface area (Å²) in [5.41, 5.74) is 1.17. The lowest BCUT2D eigenvalue weighted by Crippen LogP contribution is -1.82. The van der Waals surface area contributed by atoms with Crippen LogP contribution in [0.3, 0.4) is 0 Å². The highest BCUT2D eigenvalue weighted by Gasteiger charge is 1.87. The third kappa shape index (κ3) is 9.01. The minimum atomic E-state index is 0.831. The molecule has 1 aromatic carbocycles. The fraction of sp³-hybridized carbons (Fsp3) is 0.333. The zero-order valence-corrected chi connectivity index (χ0v) is 9.95. The third-order valence-corrected chi connectivity index (χ3v) is 1.98. The van der Waals surface area contributed by atoms with Gasteiger partial charge in [-0.3, -0.25) is 0 Å². The van der Waals surface area contributed by atoms with E-state index < -0.39 is 0 Å². The van der Waals surface area contributed by atoms with Crippen LogP contribution in [0.25, 0.3) is 6.08 Å². The Morgan fingerprint density at radius 1 is 1.13 bits per heavy atom. The summed E-state index contributed by atoms with van der Waals surface area (Å²) in [4.78, 5) is 0. The predicted octanol–water partition coefficient (Wildman–Crippen LogP) is 4.94. The Bertz CT molecular complexity index is 257. The van der Waals surface area contributed by atoms with Gasteiger partial charge in [-0.15, -0.1) is 6.58 Å². The summed E-state index contributed by atoms with van der Waals surface area (Å²) in [5, 5.41) is 0. The number of allylic oxidation sites excluding steroid dienone is 1. The second-order valence-corrected chi connectivity index (χ2v) is 3.87. The summed E-state index contributed by atoms with van der Waals surface area (Å²) in [6.07, 6.45) is 6.25. The molecular weight excluding hydrogens is 180 g/mol. The van der Waals surface area contributed by atoms with Crippen LogP contribution in [0.5, 0.6) is 0 Å². The minimum absolute atomic E-state index is 0.831. The molecule has 0 heteroatoms. The summed E-state index contributed by atoms with van der Waals surface area (Å²) in [6.45, 7) is 11.7. The first-order chi connectivity index (χ1) is 7.20. The Balaban J connectivity index is 0.000000265. The van der Waals surface area contributed by atoms with Crippen molar-refractivity contribution in [1.29, 1.82) is 0 Å². The zero-order chi connectivity index (χ0) is 11.5. The van der Waals surface area contributed by atoms with Crippen molar-refractivity contribution in [3.8, 4) is 0 Å². The summed E-state index contributed by atoms with van der Waals surface area (Å²) in [7, 11) is 0. The number of hydrogen-bond acceptors (Lipinski definition) is 0. The van der Waals surface area contributed by atoms with Crippen LogP contribution in [-0.4, -0.2) is 0 Å². The molecule has 0 spiro atoms. The van der Waals surface area contributed by atoms with Crippen molar-refractivity contribution in [3.05, 3.63) is 55.1 Å². The summed E-state index contributed by atoms with van der Waals surface area (Å²) < 4.78 is 0. The summed E-state index contributed by atoms with van der Waals surface area (Å²) in [6, 6.07) is 10.0. The Labute approximate surface area is 94.3 Å². The van der Waals surface area contributed by atoms with E-state index in [1.165, 1.54) is 12.0 Å². The van der Waals surface area contributed by atoms with Crippen molar-refractivity contribution in [2.75, 3.05) is 0 Å². The molecule has 0 saturated carbocycles. The highest BCUT2D eigenvalue weighted by Crippen LogP contribution is 2.02. The monoisotopic (exact) mass is 202 g/mol. The topological polar surface area (TPSA) is 0 Å². The molecule has 0 aromatic heterocycles. The highest BCUT2D eigenvalue weighted by molar-refractivity contribution is 5.45. The van der Waals surface area contributed by atoms with Crippen LogP contribution >= 0.6 is 0 Å². The van der Waals surface area contributed by atoms with Crippen LogP contribution in [0.1, 0.15) is 32.3 Å². The minimum Gasteiger partial charge on any atom is -0.103 e. The molecule has 82 valence electrons. The van der Waals surface area contributed by atoms with Gasteiger partial charge in [0.05, 0.1) is 0 Å². The fourth-order valence-corrected chi connectivity index (χ4v) is 1.04. The molecule has 1 aromatic rings. The maximum atomic E-state index is 3.63. The summed E-state index contributed by atoms with van der Waals surface area (Å²) in [5.74, 6) is 0.831. The van der Waals surface area contributed by atoms with Gasteiger partial charge in [0.2, 0.25) is 0 Å². The highest BCUT2D eigenvalue weighted by atomic mass is 13.9. The van der Waals surface area contributed by atoms with Crippen molar-refractivity contribution in [2.24, 2.45) is 5.92 Å². The van der Waals surface area contributed by atoms with Crippen molar-refractivity contribution in [2.45, 2.75) is 26.7 Å². The molecule has 0 nitrogen and oxygen atoms in total. The molecule has 0 aliphatic heterocycles. The molecule has 0 heterocycles. The fourth-order valence-electron chi connectivity index (χ4n) is 1.04. The molecule has 0 fully saturated rings. The van der Waals surface area contributed by atoms with Crippen molar-refractivity contribution in [1.82, 2.24) is 0 Å². The zero-order valence-electron chi connectivity index (χ0n) is 9.95. The molecule has 0 aliphatic rings. The molecule has 0 radical (unpaired) electrons. The Hall–Kier alpha value is -1.30. The van der Waals surface area contributed by atoms with Crippen LogP contribution in [-0.2, 0) is 0 Å². The molecule has 15 heavy (non-hydrogen) atoms. The molecule has 0 atom stereocenters. The smallest absolute Gasteiger partial charge is 0.0263 e. The van der Waals surface area contributed by atoms with Crippen LogP contribution in [0.15, 0.2) is 49.6 Å². The van der Waals surface area contributed by atoms with E-state index in [9.17, 15) is 0 Å². The van der Waals surface area contributed by atoms with Gasteiger partial charge in [-0.2, -0.15) is 0 Å². The van der Waals surface area contributed by atoms with Gasteiger partial charge in [0.25, 0.3) is 0 Å². The van der Waals surface area contributed by atoms with Gasteiger partial charge in [-0.05, 0) is 24.3 Å². The van der Waals surface area contributed by atoms with E-state index in [-0.39, 0.29) is 0 Å². The number of hydrogen-bond donors (Lipinski definition) is 0. The molecule has 0 amide bonds. The molecule has 0 N–H and O–H groups in total. The molecule has 0 aliphatic carbocycles. The summed E-state index contributed by atoms with van der Waals surface area (Å²) >= 11 is 0. The van der Waals surface area contributed by atoms with Gasteiger partial charge in [0.1, 0.15) is 0 Å². The van der Waals surface area contributed by atoms with Gasteiger partial charge < -0.3 is 0 Å². The number of benzene rings is 1. The third-order valence-electron chi connectivity index (χ3n) is 1.98. The first-order valence-corrected chi connectivity index (χ1v) is 5.49. The first kappa shape index (κ1) is 13.7. The first-order valence-electron chi connectivity index (χ1n) is 5.49. The average Bonchev–Trinajstić information content (AvgIpc) is 2.28. The van der Waals surface area contributed by atoms with Crippen LogP contribution in [0.4, 0.5) is 0 Å². The Kier molecular flexibility index (Phi) is 8.46. The van der Waals surface area contributed by atoms with E-state index in [1.54, 1.807) is 0 Å². The van der Waals surface area contributed by atoms with Gasteiger partial charge >= 0.3 is 0 Å². The van der Waals surface area contributed by atoms with E-state index in [2.05, 4.69) is 27.0 Å². The van der Waals surface area contributed by atoms with Crippen molar-refractivity contribution in [3.63, 3.8) is 0 Å². The van der Waals surface area contributed by atoms with Gasteiger partial charge in [-0.1, -0.05) is 62.9 Å². The standard InChI is InChI=1S/C8H8.C7H14/c1-2-8-6-4-3-5-7-8;1-4-5-6-7(2)3/h2-7H,1H2;4,7H,1,5-6H2,2-3H3. The molecule has 1 rings (SSSR count). The van der Waals surface area contributed by atoms with Crippen LogP contribution in [0, 0.1) is 5.92 Å². The average molecular weight is 202 g/mol. The van der Waals surface area contributed by atoms with E-state index in [0.29, 0.717) is 0 Å². The van der Waals surface area contributed by atoms with E-state index in [1.807, 2.05) is 42.5 Å². The van der Waals surface area contributed by atoms with Crippen molar-refractivity contribution >= 4 is 6.08 Å². The van der Waals surface area contributed by atoms with Crippen LogP contribution < -0.4 is 0 Å². The quantitative estimate of drug-likeness (QED) is 0.607. The lowest BCUT2D eigenvalue weighted by Gasteiger charge is -1.96. The number of rotatable bonds is 4. The molecule has 0 bridgehead atoms. The van der Waals surface area contributed by atoms with E-state index in [0.717, 1.165) is 12.3 Å². The lowest BCUT2D eigenvalue weighted by molar-refractivity contribution is 0.595. The normalized spacial score (nSPS) is 9.00. The maximum Gasteiger partial charge on any atom is -0.0263 e. The van der Waals surface area contributed by atoms with E-state index in [4.69, 9.17) is 0 Å². The van der Waals surface area contributed by atoms with Gasteiger partial charge in [0.15, 0.2) is 0 Å². The van der Waals surface area contributed by atoms with Gasteiger partial charge in [0, 0.05) is 0 Å². The Morgan fingerprint density at radius 3 is 2.00 bits per heavy atom. The van der Waals surface area contributed by atoms with Crippen molar-refractivity contribution < 1.29 is 0 Å².